The average Bonchev–Trinajstić information content (AvgIpc) is 3.14. The molecule has 16 heavy (non-hydrogen) atoms. The summed E-state index contributed by atoms with van der Waals surface area (Å²) in [5.41, 5.74) is 7.65. The molecule has 0 amide bonds. The molecule has 0 aromatic carbocycles. The largest absolute Gasteiger partial charge is 0.326 e. The number of likely N-dealkylation sites (tertiary alicyclic amines) is 1. The molecule has 1 aromatic heterocycles. The van der Waals surface area contributed by atoms with Crippen LogP contribution in [0.2, 0.25) is 0 Å². The number of piperidine rings is 1. The summed E-state index contributed by atoms with van der Waals surface area (Å²) in [5.74, 6) is 0. The molecular formula is C13H19N3. The summed E-state index contributed by atoms with van der Waals surface area (Å²) in [6.07, 6.45) is 8.86. The monoisotopic (exact) mass is 217 g/mol. The Morgan fingerprint density at radius 1 is 1.19 bits per heavy atom. The molecule has 1 aliphatic heterocycles. The zero-order chi connectivity index (χ0) is 11.0. The van der Waals surface area contributed by atoms with E-state index in [4.69, 9.17) is 5.73 Å². The maximum Gasteiger partial charge on any atom is 0.0503 e. The summed E-state index contributed by atoms with van der Waals surface area (Å²) in [5, 5.41) is 0. The molecular weight excluding hydrogens is 198 g/mol. The van der Waals surface area contributed by atoms with Gasteiger partial charge < -0.3 is 5.73 Å². The van der Waals surface area contributed by atoms with Gasteiger partial charge in [0.15, 0.2) is 0 Å². The van der Waals surface area contributed by atoms with Gasteiger partial charge in [-0.25, -0.2) is 0 Å². The summed E-state index contributed by atoms with van der Waals surface area (Å²) in [7, 11) is 0. The fourth-order valence-electron chi connectivity index (χ4n) is 2.87. The Balaban J connectivity index is 1.88. The molecule has 2 aliphatic rings. The van der Waals surface area contributed by atoms with Crippen LogP contribution in [0.15, 0.2) is 24.5 Å². The molecule has 2 unspecified atom stereocenters. The Morgan fingerprint density at radius 2 is 1.94 bits per heavy atom. The van der Waals surface area contributed by atoms with Crippen molar-refractivity contribution < 1.29 is 0 Å². The van der Waals surface area contributed by atoms with E-state index in [1.54, 1.807) is 0 Å². The second kappa shape index (κ2) is 4.15. The van der Waals surface area contributed by atoms with Crippen molar-refractivity contribution in [1.29, 1.82) is 0 Å². The van der Waals surface area contributed by atoms with Gasteiger partial charge in [-0.15, -0.1) is 0 Å². The number of pyridine rings is 1. The van der Waals surface area contributed by atoms with Gasteiger partial charge >= 0.3 is 0 Å². The summed E-state index contributed by atoms with van der Waals surface area (Å²) < 4.78 is 0. The highest BCUT2D eigenvalue weighted by molar-refractivity contribution is 5.19. The molecule has 0 spiro atoms. The molecule has 1 saturated carbocycles. The van der Waals surface area contributed by atoms with Crippen LogP contribution < -0.4 is 5.73 Å². The molecule has 86 valence electrons. The van der Waals surface area contributed by atoms with Crippen molar-refractivity contribution in [3.63, 3.8) is 0 Å². The van der Waals surface area contributed by atoms with E-state index in [2.05, 4.69) is 22.0 Å². The van der Waals surface area contributed by atoms with Gasteiger partial charge in [0.2, 0.25) is 0 Å². The van der Waals surface area contributed by atoms with Crippen molar-refractivity contribution in [1.82, 2.24) is 9.88 Å². The van der Waals surface area contributed by atoms with Crippen LogP contribution in [0.1, 0.15) is 37.3 Å². The Kier molecular flexibility index (Phi) is 2.65. The first-order chi connectivity index (χ1) is 7.86. The summed E-state index contributed by atoms with van der Waals surface area (Å²) in [6, 6.07) is 5.74. The first kappa shape index (κ1) is 10.2. The van der Waals surface area contributed by atoms with E-state index in [1.165, 1.54) is 31.4 Å². The topological polar surface area (TPSA) is 42.1 Å². The summed E-state index contributed by atoms with van der Waals surface area (Å²) >= 11 is 0. The lowest BCUT2D eigenvalue weighted by Gasteiger charge is -2.40. The van der Waals surface area contributed by atoms with Crippen LogP contribution in [0.4, 0.5) is 0 Å². The molecule has 3 heteroatoms. The Hall–Kier alpha value is -0.930. The predicted molar refractivity (Wildman–Crippen MR) is 63.9 cm³/mol. The third-order valence-electron chi connectivity index (χ3n) is 3.78. The van der Waals surface area contributed by atoms with Crippen LogP contribution in [0.25, 0.3) is 0 Å². The Morgan fingerprint density at radius 3 is 2.62 bits per heavy atom. The molecule has 3 nitrogen and oxygen atoms in total. The molecule has 1 aromatic rings. The number of hydrogen-bond donors (Lipinski definition) is 1. The van der Waals surface area contributed by atoms with E-state index in [9.17, 15) is 0 Å². The van der Waals surface area contributed by atoms with Gasteiger partial charge in [-0.2, -0.15) is 0 Å². The Labute approximate surface area is 96.7 Å². The van der Waals surface area contributed by atoms with Crippen LogP contribution in [0.3, 0.4) is 0 Å². The standard InChI is InChI=1S/C13H19N3/c14-12-2-1-9-16(11-3-4-11)13(12)10-5-7-15-8-6-10/h5-8,11-13H,1-4,9,14H2. The van der Waals surface area contributed by atoms with Gasteiger partial charge in [0.05, 0.1) is 6.04 Å². The molecule has 2 fully saturated rings. The van der Waals surface area contributed by atoms with Crippen molar-refractivity contribution in [3.05, 3.63) is 30.1 Å². The van der Waals surface area contributed by atoms with Gasteiger partial charge in [-0.3, -0.25) is 9.88 Å². The first-order valence-corrected chi connectivity index (χ1v) is 6.27. The van der Waals surface area contributed by atoms with E-state index in [1.807, 2.05) is 12.4 Å². The van der Waals surface area contributed by atoms with Gasteiger partial charge in [-0.1, -0.05) is 0 Å². The van der Waals surface area contributed by atoms with Crippen LogP contribution in [-0.2, 0) is 0 Å². The number of aromatic nitrogens is 1. The third-order valence-corrected chi connectivity index (χ3v) is 3.78. The van der Waals surface area contributed by atoms with E-state index in [-0.39, 0.29) is 6.04 Å². The van der Waals surface area contributed by atoms with E-state index < -0.39 is 0 Å². The van der Waals surface area contributed by atoms with E-state index in [0.717, 1.165) is 12.5 Å². The third kappa shape index (κ3) is 1.85. The summed E-state index contributed by atoms with van der Waals surface area (Å²) in [4.78, 5) is 6.71. The number of nitrogens with two attached hydrogens (primary N) is 1. The zero-order valence-electron chi connectivity index (χ0n) is 9.55. The number of rotatable bonds is 2. The fourth-order valence-corrected chi connectivity index (χ4v) is 2.87. The first-order valence-electron chi connectivity index (χ1n) is 6.27. The molecule has 0 bridgehead atoms. The number of nitrogens with zero attached hydrogens (tertiary/aromatic N) is 2. The minimum absolute atomic E-state index is 0.289. The molecule has 2 atom stereocenters. The molecule has 1 saturated heterocycles. The van der Waals surface area contributed by atoms with Gasteiger partial charge in [0.25, 0.3) is 0 Å². The van der Waals surface area contributed by atoms with Crippen molar-refractivity contribution in [2.24, 2.45) is 5.73 Å². The highest BCUT2D eigenvalue weighted by Gasteiger charge is 2.39. The predicted octanol–water partition coefficient (Wildman–Crippen LogP) is 1.71. The smallest absolute Gasteiger partial charge is 0.0503 e. The van der Waals surface area contributed by atoms with Crippen LogP contribution in [0, 0.1) is 0 Å². The highest BCUT2D eigenvalue weighted by Crippen LogP contribution is 2.38. The van der Waals surface area contributed by atoms with Gasteiger partial charge in [0, 0.05) is 24.5 Å². The lowest BCUT2D eigenvalue weighted by Crippen LogP contribution is -2.46. The van der Waals surface area contributed by atoms with E-state index >= 15 is 0 Å². The quantitative estimate of drug-likeness (QED) is 0.820. The number of hydrogen-bond acceptors (Lipinski definition) is 3. The van der Waals surface area contributed by atoms with Crippen LogP contribution in [0.5, 0.6) is 0 Å². The fraction of sp³-hybridized carbons (Fsp3) is 0.615. The molecule has 0 radical (unpaired) electrons. The highest BCUT2D eigenvalue weighted by atomic mass is 15.2. The molecule has 3 rings (SSSR count). The van der Waals surface area contributed by atoms with Crippen LogP contribution >= 0.6 is 0 Å². The normalized spacial score (nSPS) is 31.6. The Bertz CT molecular complexity index is 347. The minimum Gasteiger partial charge on any atom is -0.326 e. The zero-order valence-corrected chi connectivity index (χ0v) is 9.55. The van der Waals surface area contributed by atoms with E-state index in [0.29, 0.717) is 6.04 Å². The molecule has 1 aliphatic carbocycles. The van der Waals surface area contributed by atoms with Gasteiger partial charge in [-0.05, 0) is 49.9 Å². The lowest BCUT2D eigenvalue weighted by molar-refractivity contribution is 0.120. The average molecular weight is 217 g/mol. The second-order valence-electron chi connectivity index (χ2n) is 5.00. The van der Waals surface area contributed by atoms with Crippen molar-refractivity contribution >= 4 is 0 Å². The lowest BCUT2D eigenvalue weighted by atomic mass is 9.91. The maximum atomic E-state index is 6.30. The summed E-state index contributed by atoms with van der Waals surface area (Å²) in [6.45, 7) is 1.21. The van der Waals surface area contributed by atoms with Crippen LogP contribution in [-0.4, -0.2) is 28.5 Å². The van der Waals surface area contributed by atoms with Crippen molar-refractivity contribution in [2.45, 2.75) is 43.8 Å². The van der Waals surface area contributed by atoms with Crippen molar-refractivity contribution in [3.8, 4) is 0 Å². The van der Waals surface area contributed by atoms with Gasteiger partial charge in [0.1, 0.15) is 0 Å². The van der Waals surface area contributed by atoms with Crippen molar-refractivity contribution in [2.75, 3.05) is 6.54 Å². The molecule has 2 heterocycles. The second-order valence-corrected chi connectivity index (χ2v) is 5.00. The SMILES string of the molecule is NC1CCCN(C2CC2)C1c1ccncc1. The maximum absolute atomic E-state index is 6.30. The minimum atomic E-state index is 0.289. The molecule has 2 N–H and O–H groups in total.